The van der Waals surface area contributed by atoms with E-state index in [2.05, 4.69) is 74.5 Å². The third kappa shape index (κ3) is 4.71. The number of nitrogens with zero attached hydrogens (tertiary/aromatic N) is 5. The summed E-state index contributed by atoms with van der Waals surface area (Å²) < 4.78 is 2.12. The lowest BCUT2D eigenvalue weighted by Crippen LogP contribution is -2.14. The zero-order valence-corrected chi connectivity index (χ0v) is 21.6. The highest BCUT2D eigenvalue weighted by Crippen LogP contribution is 2.29. The van der Waals surface area contributed by atoms with Crippen molar-refractivity contribution in [3.05, 3.63) is 84.2 Å². The van der Waals surface area contributed by atoms with Crippen LogP contribution in [0.15, 0.2) is 89.4 Å². The predicted molar refractivity (Wildman–Crippen MR) is 151 cm³/mol. The van der Waals surface area contributed by atoms with E-state index >= 15 is 0 Å². The highest BCUT2D eigenvalue weighted by molar-refractivity contribution is 7.99. The molecular weight excluding hydrogens is 500 g/mol. The summed E-state index contributed by atoms with van der Waals surface area (Å²) in [6.07, 6.45) is 0. The molecule has 0 saturated carbocycles. The maximum Gasteiger partial charge on any atom is 0.236 e. The number of rotatable bonds is 7. The maximum absolute atomic E-state index is 12.6. The molecule has 0 aliphatic rings. The van der Waals surface area contributed by atoms with Gasteiger partial charge in [0.1, 0.15) is 5.52 Å². The summed E-state index contributed by atoms with van der Waals surface area (Å²) in [6, 6.07) is 26.6. The Labute approximate surface area is 221 Å². The van der Waals surface area contributed by atoms with E-state index in [1.165, 1.54) is 28.7 Å². The lowest BCUT2D eigenvalue weighted by molar-refractivity contribution is -0.113. The van der Waals surface area contributed by atoms with Crippen LogP contribution in [0.25, 0.3) is 44.5 Å². The summed E-state index contributed by atoms with van der Waals surface area (Å²) >= 11 is 2.67. The second-order valence-corrected chi connectivity index (χ2v) is 10.1. The monoisotopic (exact) mass is 522 g/mol. The smallest absolute Gasteiger partial charge is 0.236 e. The first kappa shape index (κ1) is 23.3. The van der Waals surface area contributed by atoms with E-state index in [4.69, 9.17) is 4.98 Å². The zero-order valence-electron chi connectivity index (χ0n) is 20.0. The summed E-state index contributed by atoms with van der Waals surface area (Å²) in [6.45, 7) is 2.85. The average Bonchev–Trinajstić information content (AvgIpc) is 3.54. The normalized spacial score (nSPS) is 11.3. The molecule has 0 unspecified atom stereocenters. The number of benzene rings is 3. The fourth-order valence-electron chi connectivity index (χ4n) is 4.28. The number of fused-ring (bicyclic) bond motifs is 3. The van der Waals surface area contributed by atoms with Crippen LogP contribution in [-0.2, 0) is 11.3 Å². The van der Waals surface area contributed by atoms with E-state index in [0.717, 1.165) is 45.4 Å². The van der Waals surface area contributed by atoms with Crippen LogP contribution >= 0.6 is 23.1 Å². The Hall–Kier alpha value is -4.08. The van der Waals surface area contributed by atoms with Crippen LogP contribution in [0.2, 0.25) is 0 Å². The van der Waals surface area contributed by atoms with Gasteiger partial charge in [-0.15, -0.1) is 21.5 Å². The number of nitrogens with one attached hydrogen (secondary N) is 1. The van der Waals surface area contributed by atoms with Gasteiger partial charge in [-0.05, 0) is 24.1 Å². The number of anilines is 1. The van der Waals surface area contributed by atoms with Gasteiger partial charge in [-0.1, -0.05) is 84.6 Å². The Morgan fingerprint density at radius 2 is 1.62 bits per heavy atom. The van der Waals surface area contributed by atoms with Crippen LogP contribution in [0.3, 0.4) is 0 Å². The molecule has 0 aliphatic heterocycles. The standard InChI is InChI=1S/C28H22N6OS2/c1-2-34-23-11-7-6-10-21(23)25-26(34)31-28(33-32-25)37-17-24(35)30-27-29-22(16-36-27)20-14-12-19(13-15-20)18-8-4-3-5-9-18/h3-16H,2,17H2,1H3,(H,29,30,35). The van der Waals surface area contributed by atoms with Crippen LogP contribution in [-0.4, -0.2) is 36.4 Å². The van der Waals surface area contributed by atoms with Gasteiger partial charge in [0.15, 0.2) is 10.8 Å². The van der Waals surface area contributed by atoms with Crippen molar-refractivity contribution in [2.24, 2.45) is 0 Å². The molecule has 0 radical (unpaired) electrons. The molecule has 0 aliphatic carbocycles. The van der Waals surface area contributed by atoms with E-state index in [1.54, 1.807) is 0 Å². The van der Waals surface area contributed by atoms with E-state index in [9.17, 15) is 4.79 Å². The lowest BCUT2D eigenvalue weighted by atomic mass is 10.0. The van der Waals surface area contributed by atoms with Gasteiger partial charge in [0.25, 0.3) is 0 Å². The van der Waals surface area contributed by atoms with Crippen LogP contribution < -0.4 is 5.32 Å². The average molecular weight is 523 g/mol. The van der Waals surface area contributed by atoms with Gasteiger partial charge in [-0.3, -0.25) is 4.79 Å². The molecule has 6 rings (SSSR count). The van der Waals surface area contributed by atoms with Crippen molar-refractivity contribution >= 4 is 56.2 Å². The lowest BCUT2D eigenvalue weighted by Gasteiger charge is -2.04. The summed E-state index contributed by atoms with van der Waals surface area (Å²) in [4.78, 5) is 21.9. The number of carbonyl (C=O) groups is 1. The summed E-state index contributed by atoms with van der Waals surface area (Å²) in [5.41, 5.74) is 6.80. The number of aryl methyl sites for hydroxylation is 1. The first-order chi connectivity index (χ1) is 18.2. The summed E-state index contributed by atoms with van der Waals surface area (Å²) in [7, 11) is 0. The number of para-hydroxylation sites is 1. The van der Waals surface area contributed by atoms with E-state index < -0.39 is 0 Å². The Bertz CT molecular complexity index is 1710. The van der Waals surface area contributed by atoms with Crippen LogP contribution in [0.4, 0.5) is 5.13 Å². The second kappa shape index (κ2) is 10.1. The number of aromatic nitrogens is 5. The minimum Gasteiger partial charge on any atom is -0.324 e. The minimum absolute atomic E-state index is 0.162. The molecular formula is C28H22N6OS2. The summed E-state index contributed by atoms with van der Waals surface area (Å²) in [5, 5.41) is 15.6. The SMILES string of the molecule is CCn1c2ccccc2c2nnc(SCC(=O)Nc3nc(-c4ccc(-c5ccccc5)cc4)cs3)nc21. The molecule has 0 spiro atoms. The molecule has 9 heteroatoms. The van der Waals surface area contributed by atoms with Gasteiger partial charge < -0.3 is 9.88 Å². The highest BCUT2D eigenvalue weighted by Gasteiger charge is 2.15. The van der Waals surface area contributed by atoms with E-state index in [0.29, 0.717) is 10.3 Å². The van der Waals surface area contributed by atoms with Crippen LogP contribution in [0, 0.1) is 0 Å². The number of carbonyl (C=O) groups excluding carboxylic acids is 1. The van der Waals surface area contributed by atoms with Gasteiger partial charge >= 0.3 is 0 Å². The summed E-state index contributed by atoms with van der Waals surface area (Å²) in [5.74, 6) is 0.00491. The second-order valence-electron chi connectivity index (χ2n) is 8.35. The van der Waals surface area contributed by atoms with Gasteiger partial charge in [0, 0.05) is 22.9 Å². The fraction of sp³-hybridized carbons (Fsp3) is 0.107. The van der Waals surface area contributed by atoms with Gasteiger partial charge in [-0.25, -0.2) is 9.97 Å². The molecule has 182 valence electrons. The topological polar surface area (TPSA) is 85.6 Å². The highest BCUT2D eigenvalue weighted by atomic mass is 32.2. The molecule has 0 saturated heterocycles. The number of hydrogen-bond donors (Lipinski definition) is 1. The number of hydrogen-bond acceptors (Lipinski definition) is 7. The Morgan fingerprint density at radius 1 is 0.892 bits per heavy atom. The molecule has 1 amide bonds. The number of thiazole rings is 1. The van der Waals surface area contributed by atoms with Crippen molar-refractivity contribution in [2.45, 2.75) is 18.6 Å². The number of thioether (sulfide) groups is 1. The molecule has 6 aromatic rings. The van der Waals surface area contributed by atoms with Crippen molar-refractivity contribution in [3.63, 3.8) is 0 Å². The predicted octanol–water partition coefficient (Wildman–Crippen LogP) is 6.52. The third-order valence-corrected chi connectivity index (χ3v) is 7.64. The Morgan fingerprint density at radius 3 is 2.43 bits per heavy atom. The molecule has 3 aromatic heterocycles. The number of amides is 1. The Balaban J connectivity index is 1.11. The molecule has 3 heterocycles. The fourth-order valence-corrected chi connectivity index (χ4v) is 5.60. The first-order valence-electron chi connectivity index (χ1n) is 11.9. The molecule has 0 bridgehead atoms. The van der Waals surface area contributed by atoms with Crippen molar-refractivity contribution < 1.29 is 4.79 Å². The molecule has 37 heavy (non-hydrogen) atoms. The quantitative estimate of drug-likeness (QED) is 0.240. The van der Waals surface area contributed by atoms with Crippen molar-refractivity contribution in [3.8, 4) is 22.4 Å². The molecule has 0 fully saturated rings. The van der Waals surface area contributed by atoms with Gasteiger partial charge in [0.2, 0.25) is 11.1 Å². The maximum atomic E-state index is 12.6. The largest absolute Gasteiger partial charge is 0.324 e. The van der Waals surface area contributed by atoms with Gasteiger partial charge in [0.05, 0.1) is 17.0 Å². The van der Waals surface area contributed by atoms with Crippen LogP contribution in [0.5, 0.6) is 0 Å². The van der Waals surface area contributed by atoms with Crippen molar-refractivity contribution in [1.29, 1.82) is 0 Å². The van der Waals surface area contributed by atoms with Crippen molar-refractivity contribution in [1.82, 2.24) is 24.7 Å². The zero-order chi connectivity index (χ0) is 25.2. The first-order valence-corrected chi connectivity index (χ1v) is 13.7. The Kier molecular flexibility index (Phi) is 6.38. The minimum atomic E-state index is -0.162. The molecule has 0 atom stereocenters. The van der Waals surface area contributed by atoms with E-state index in [-0.39, 0.29) is 11.7 Å². The van der Waals surface area contributed by atoms with Crippen LogP contribution in [0.1, 0.15) is 6.92 Å². The third-order valence-electron chi connectivity index (χ3n) is 6.04. The van der Waals surface area contributed by atoms with Gasteiger partial charge in [-0.2, -0.15) is 0 Å². The van der Waals surface area contributed by atoms with E-state index in [1.807, 2.05) is 41.8 Å². The van der Waals surface area contributed by atoms with Crippen molar-refractivity contribution in [2.75, 3.05) is 11.1 Å². The molecule has 3 aromatic carbocycles. The molecule has 7 nitrogen and oxygen atoms in total. The molecule has 1 N–H and O–H groups in total.